The molecule has 2 atom stereocenters. The smallest absolute Gasteiger partial charge is 0.269 e. The van der Waals surface area contributed by atoms with Crippen molar-refractivity contribution < 1.29 is 28.7 Å². The van der Waals surface area contributed by atoms with Gasteiger partial charge in [-0.3, -0.25) is 14.9 Å². The Balaban J connectivity index is 1.62. The van der Waals surface area contributed by atoms with Crippen molar-refractivity contribution in [1.29, 1.82) is 0 Å². The molecule has 0 N–H and O–H groups in total. The average molecular weight is 493 g/mol. The summed E-state index contributed by atoms with van der Waals surface area (Å²) >= 11 is 0. The average Bonchev–Trinajstić information content (AvgIpc) is 2.91. The van der Waals surface area contributed by atoms with Crippen LogP contribution in [0.4, 0.5) is 5.69 Å². The van der Waals surface area contributed by atoms with Crippen molar-refractivity contribution in [3.05, 3.63) is 88.0 Å². The number of non-ortho nitro benzene ring substituents is 1. The molecule has 4 rings (SSSR count). The summed E-state index contributed by atoms with van der Waals surface area (Å²) in [5, 5.41) is 11.0. The number of nitrogens with zero attached hydrogens (tertiary/aromatic N) is 2. The van der Waals surface area contributed by atoms with Gasteiger partial charge in [-0.1, -0.05) is 18.2 Å². The fraction of sp³-hybridized carbons (Fsp3) is 0.296. The highest BCUT2D eigenvalue weighted by Gasteiger charge is 2.35. The molecule has 188 valence electrons. The van der Waals surface area contributed by atoms with Crippen LogP contribution >= 0.6 is 0 Å². The molecule has 9 heteroatoms. The Labute approximate surface area is 209 Å². The Morgan fingerprint density at radius 2 is 1.69 bits per heavy atom. The van der Waals surface area contributed by atoms with Crippen molar-refractivity contribution in [1.82, 2.24) is 4.90 Å². The van der Waals surface area contributed by atoms with Crippen LogP contribution < -0.4 is 18.9 Å². The number of nitro benzene ring substituents is 1. The second kappa shape index (κ2) is 11.0. The van der Waals surface area contributed by atoms with Crippen LogP contribution in [0.3, 0.4) is 0 Å². The van der Waals surface area contributed by atoms with Gasteiger partial charge in [-0.2, -0.15) is 0 Å². The lowest BCUT2D eigenvalue weighted by Crippen LogP contribution is -2.47. The molecule has 0 aliphatic carbocycles. The Hall–Kier alpha value is -4.27. The van der Waals surface area contributed by atoms with Gasteiger partial charge in [-0.05, 0) is 60.9 Å². The predicted octanol–water partition coefficient (Wildman–Crippen LogP) is 4.58. The first kappa shape index (κ1) is 24.8. The highest BCUT2D eigenvalue weighted by atomic mass is 16.6. The minimum absolute atomic E-state index is 0.0223. The summed E-state index contributed by atoms with van der Waals surface area (Å²) in [5.41, 5.74) is 1.90. The summed E-state index contributed by atoms with van der Waals surface area (Å²) in [6.07, 6.45) is -0.0796. The van der Waals surface area contributed by atoms with Gasteiger partial charge in [0.05, 0.1) is 25.2 Å². The standard InChI is InChI=1S/C27H28N2O7/c1-18(36-22-7-5-4-6-8-22)27(30)28-14-13-19-15-25(33-2)26(34-3)16-23(19)24(28)17-35-21-11-9-20(10-12-21)29(31)32/h4-12,15-16,18,24H,13-14,17H2,1-3H3/t18-,24+/m1/s1. The first-order chi connectivity index (χ1) is 17.4. The van der Waals surface area contributed by atoms with Gasteiger partial charge in [-0.25, -0.2) is 0 Å². The number of carbonyl (C=O) groups excluding carboxylic acids is 1. The van der Waals surface area contributed by atoms with E-state index in [1.807, 2.05) is 42.5 Å². The van der Waals surface area contributed by atoms with Crippen molar-refractivity contribution in [2.45, 2.75) is 25.5 Å². The lowest BCUT2D eigenvalue weighted by Gasteiger charge is -2.38. The van der Waals surface area contributed by atoms with E-state index in [2.05, 4.69) is 0 Å². The SMILES string of the molecule is COc1cc2c(cc1OC)[C@H](COc1ccc([N+](=O)[O-])cc1)N(C(=O)[C@@H](C)Oc1ccccc1)CC2. The van der Waals surface area contributed by atoms with Crippen molar-refractivity contribution in [3.8, 4) is 23.0 Å². The van der Waals surface area contributed by atoms with E-state index in [1.54, 1.807) is 38.2 Å². The first-order valence-corrected chi connectivity index (χ1v) is 11.6. The quantitative estimate of drug-likeness (QED) is 0.318. The molecule has 1 amide bonds. The molecule has 3 aromatic carbocycles. The van der Waals surface area contributed by atoms with E-state index < -0.39 is 17.1 Å². The normalized spacial score (nSPS) is 15.4. The lowest BCUT2D eigenvalue weighted by atomic mass is 9.91. The molecule has 1 heterocycles. The van der Waals surface area contributed by atoms with Crippen LogP contribution in [0.2, 0.25) is 0 Å². The number of para-hydroxylation sites is 1. The van der Waals surface area contributed by atoms with Crippen molar-refractivity contribution >= 4 is 11.6 Å². The summed E-state index contributed by atoms with van der Waals surface area (Å²) in [6.45, 7) is 2.34. The topological polar surface area (TPSA) is 100 Å². The van der Waals surface area contributed by atoms with E-state index >= 15 is 0 Å². The molecule has 0 unspecified atom stereocenters. The summed E-state index contributed by atoms with van der Waals surface area (Å²) in [6, 6.07) is 18.4. The highest BCUT2D eigenvalue weighted by molar-refractivity contribution is 5.82. The lowest BCUT2D eigenvalue weighted by molar-refractivity contribution is -0.384. The number of hydrogen-bond acceptors (Lipinski definition) is 7. The van der Waals surface area contributed by atoms with Gasteiger partial charge >= 0.3 is 0 Å². The van der Waals surface area contributed by atoms with Crippen molar-refractivity contribution in [3.63, 3.8) is 0 Å². The number of fused-ring (bicyclic) bond motifs is 1. The predicted molar refractivity (Wildman–Crippen MR) is 133 cm³/mol. The fourth-order valence-electron chi connectivity index (χ4n) is 4.30. The van der Waals surface area contributed by atoms with E-state index in [4.69, 9.17) is 18.9 Å². The maximum atomic E-state index is 13.5. The molecule has 0 saturated carbocycles. The second-order valence-electron chi connectivity index (χ2n) is 8.34. The third-order valence-electron chi connectivity index (χ3n) is 6.14. The summed E-state index contributed by atoms with van der Waals surface area (Å²) < 4.78 is 22.9. The molecular formula is C27H28N2O7. The zero-order valence-electron chi connectivity index (χ0n) is 20.4. The van der Waals surface area contributed by atoms with Gasteiger partial charge in [0.15, 0.2) is 17.6 Å². The zero-order valence-corrected chi connectivity index (χ0v) is 20.4. The Morgan fingerprint density at radius 3 is 2.33 bits per heavy atom. The van der Waals surface area contributed by atoms with Gasteiger partial charge in [0.25, 0.3) is 11.6 Å². The van der Waals surface area contributed by atoms with E-state index in [-0.39, 0.29) is 18.2 Å². The summed E-state index contributed by atoms with van der Waals surface area (Å²) in [4.78, 5) is 25.8. The number of benzene rings is 3. The number of rotatable bonds is 9. The molecule has 36 heavy (non-hydrogen) atoms. The molecule has 3 aromatic rings. The Morgan fingerprint density at radius 1 is 1.03 bits per heavy atom. The Kier molecular flexibility index (Phi) is 7.58. The van der Waals surface area contributed by atoms with Gasteiger partial charge in [0.2, 0.25) is 0 Å². The first-order valence-electron chi connectivity index (χ1n) is 11.6. The third-order valence-corrected chi connectivity index (χ3v) is 6.14. The van der Waals surface area contributed by atoms with Crippen LogP contribution in [0, 0.1) is 10.1 Å². The van der Waals surface area contributed by atoms with Gasteiger partial charge < -0.3 is 23.8 Å². The third kappa shape index (κ3) is 5.35. The van der Waals surface area contributed by atoms with E-state index in [9.17, 15) is 14.9 Å². The minimum Gasteiger partial charge on any atom is -0.493 e. The Bertz CT molecular complexity index is 1210. The van der Waals surface area contributed by atoms with E-state index in [0.717, 1.165) is 11.1 Å². The van der Waals surface area contributed by atoms with Crippen LogP contribution in [0.5, 0.6) is 23.0 Å². The molecule has 1 aliphatic rings. The van der Waals surface area contributed by atoms with Crippen molar-refractivity contribution in [2.75, 3.05) is 27.4 Å². The molecule has 1 aliphatic heterocycles. The molecular weight excluding hydrogens is 464 g/mol. The summed E-state index contributed by atoms with van der Waals surface area (Å²) in [7, 11) is 3.15. The van der Waals surface area contributed by atoms with Crippen LogP contribution in [-0.2, 0) is 11.2 Å². The largest absolute Gasteiger partial charge is 0.493 e. The number of amides is 1. The van der Waals surface area contributed by atoms with Crippen LogP contribution in [0.15, 0.2) is 66.7 Å². The van der Waals surface area contributed by atoms with Crippen LogP contribution in [-0.4, -0.2) is 49.2 Å². The number of methoxy groups -OCH3 is 2. The van der Waals surface area contributed by atoms with Crippen LogP contribution in [0.1, 0.15) is 24.1 Å². The summed E-state index contributed by atoms with van der Waals surface area (Å²) in [5.74, 6) is 2.08. The molecule has 9 nitrogen and oxygen atoms in total. The molecule has 0 spiro atoms. The number of ether oxygens (including phenoxy) is 4. The number of carbonyl (C=O) groups is 1. The molecule has 0 bridgehead atoms. The monoisotopic (exact) mass is 492 g/mol. The fourth-order valence-corrected chi connectivity index (χ4v) is 4.30. The van der Waals surface area contributed by atoms with Gasteiger partial charge in [0, 0.05) is 18.7 Å². The highest BCUT2D eigenvalue weighted by Crippen LogP contribution is 2.39. The second-order valence-corrected chi connectivity index (χ2v) is 8.34. The number of hydrogen-bond donors (Lipinski definition) is 0. The minimum atomic E-state index is -0.712. The van der Waals surface area contributed by atoms with Crippen molar-refractivity contribution in [2.24, 2.45) is 0 Å². The number of nitro groups is 1. The van der Waals surface area contributed by atoms with Gasteiger partial charge in [0.1, 0.15) is 18.1 Å². The maximum Gasteiger partial charge on any atom is 0.269 e. The molecule has 0 saturated heterocycles. The van der Waals surface area contributed by atoms with Gasteiger partial charge in [-0.15, -0.1) is 0 Å². The van der Waals surface area contributed by atoms with E-state index in [0.29, 0.717) is 36.0 Å². The van der Waals surface area contributed by atoms with Crippen LogP contribution in [0.25, 0.3) is 0 Å². The molecule has 0 fully saturated rings. The maximum absolute atomic E-state index is 13.5. The molecule has 0 aromatic heterocycles. The zero-order chi connectivity index (χ0) is 25.7. The van der Waals surface area contributed by atoms with E-state index in [1.165, 1.54) is 12.1 Å². The molecule has 0 radical (unpaired) electrons.